The maximum Gasteiger partial charge on any atom is 0.247 e. The van der Waals surface area contributed by atoms with Crippen LogP contribution in [0.2, 0.25) is 0 Å². The van der Waals surface area contributed by atoms with Crippen molar-refractivity contribution in [3.8, 4) is 0 Å². The maximum atomic E-state index is 2.43. The molecule has 124 valence electrons. The van der Waals surface area contributed by atoms with E-state index in [9.17, 15) is 0 Å². The summed E-state index contributed by atoms with van der Waals surface area (Å²) >= 11 is 0. The van der Waals surface area contributed by atoms with Crippen molar-refractivity contribution in [2.45, 2.75) is 83.0 Å². The number of aromatic nitrogens is 4. The summed E-state index contributed by atoms with van der Waals surface area (Å²) in [6.07, 6.45) is 27.3. The summed E-state index contributed by atoms with van der Waals surface area (Å²) in [6.45, 7) is 0.916. The lowest BCUT2D eigenvalue weighted by molar-refractivity contribution is -0.912. The summed E-state index contributed by atoms with van der Waals surface area (Å²) in [5.41, 5.74) is 0. The molecule has 4 heteroatoms. The second-order valence-corrected chi connectivity index (χ2v) is 7.48. The Bertz CT molecular complexity index is 561. The molecule has 0 aliphatic heterocycles. The van der Waals surface area contributed by atoms with E-state index in [-0.39, 0.29) is 0 Å². The third kappa shape index (κ3) is 3.51. The van der Waals surface area contributed by atoms with Gasteiger partial charge in [-0.1, -0.05) is 12.8 Å². The first-order valence-electron chi connectivity index (χ1n) is 9.51. The van der Waals surface area contributed by atoms with Crippen molar-refractivity contribution in [3.63, 3.8) is 0 Å². The Kier molecular flexibility index (Phi) is 4.49. The Hall–Kier alpha value is -1.58. The number of nitrogens with zero attached hydrogens (tertiary/aromatic N) is 4. The van der Waals surface area contributed by atoms with Crippen molar-refractivity contribution in [2.75, 3.05) is 0 Å². The normalized spacial score (nSPS) is 20.9. The molecule has 0 bridgehead atoms. The number of hydrogen-bond donors (Lipinski definition) is 0. The van der Waals surface area contributed by atoms with Crippen LogP contribution in [0.15, 0.2) is 37.4 Å². The standard InChI is InChI=1S/C19H30N4/c1-3-7-18(8-4-1)22-13-11-20(16-22)15-21-12-14-23(17-21)19-9-5-2-6-10-19/h11-14,16-19H,1-10,15H2/q+2. The molecule has 23 heavy (non-hydrogen) atoms. The molecule has 0 amide bonds. The molecule has 0 saturated heterocycles. The molecule has 0 unspecified atom stereocenters. The van der Waals surface area contributed by atoms with Gasteiger partial charge in [-0.05, 0) is 51.4 Å². The number of imidazole rings is 2. The molecule has 2 fully saturated rings. The maximum absolute atomic E-state index is 2.43. The highest BCUT2D eigenvalue weighted by atomic mass is 15.2. The van der Waals surface area contributed by atoms with Crippen molar-refractivity contribution in [1.82, 2.24) is 9.13 Å². The molecule has 0 spiro atoms. The molecule has 0 atom stereocenters. The Balaban J connectivity index is 1.40. The minimum absolute atomic E-state index is 0.724. The number of rotatable bonds is 4. The minimum atomic E-state index is 0.724. The third-order valence-electron chi connectivity index (χ3n) is 5.74. The van der Waals surface area contributed by atoms with Gasteiger partial charge in [-0.15, -0.1) is 0 Å². The monoisotopic (exact) mass is 314 g/mol. The van der Waals surface area contributed by atoms with Gasteiger partial charge in [0, 0.05) is 0 Å². The van der Waals surface area contributed by atoms with Crippen LogP contribution in [0.1, 0.15) is 76.3 Å². The van der Waals surface area contributed by atoms with Gasteiger partial charge in [0.15, 0.2) is 0 Å². The highest BCUT2D eigenvalue weighted by Gasteiger charge is 2.22. The van der Waals surface area contributed by atoms with Crippen LogP contribution in [-0.2, 0) is 6.67 Å². The molecule has 2 heterocycles. The summed E-state index contributed by atoms with van der Waals surface area (Å²) in [5.74, 6) is 0. The SMILES string of the molecule is c1c[n+](C[n+]2ccn(C3CCCCC3)c2)cn1C1CCCCC1. The smallest absolute Gasteiger partial charge is 0.234 e. The van der Waals surface area contributed by atoms with E-state index in [0.717, 1.165) is 18.8 Å². The van der Waals surface area contributed by atoms with Gasteiger partial charge in [0.05, 0.1) is 0 Å². The van der Waals surface area contributed by atoms with Gasteiger partial charge in [-0.2, -0.15) is 9.13 Å². The molecule has 2 aliphatic carbocycles. The largest absolute Gasteiger partial charge is 0.247 e. The first kappa shape index (κ1) is 15.0. The fraction of sp³-hybridized carbons (Fsp3) is 0.684. The van der Waals surface area contributed by atoms with Gasteiger partial charge in [-0.25, -0.2) is 9.13 Å². The van der Waals surface area contributed by atoms with Crippen LogP contribution in [0, 0.1) is 0 Å². The Labute approximate surface area is 139 Å². The van der Waals surface area contributed by atoms with E-state index in [1.165, 1.54) is 64.2 Å². The fourth-order valence-corrected chi connectivity index (χ4v) is 4.37. The van der Waals surface area contributed by atoms with Crippen LogP contribution in [0.4, 0.5) is 0 Å². The average Bonchev–Trinajstić information content (AvgIpc) is 3.27. The zero-order valence-electron chi connectivity index (χ0n) is 14.2. The quantitative estimate of drug-likeness (QED) is 0.770. The average molecular weight is 314 g/mol. The van der Waals surface area contributed by atoms with E-state index in [0.29, 0.717) is 0 Å². The second-order valence-electron chi connectivity index (χ2n) is 7.48. The summed E-state index contributed by atoms with van der Waals surface area (Å²) < 4.78 is 9.47. The van der Waals surface area contributed by atoms with Crippen LogP contribution in [0.5, 0.6) is 0 Å². The molecule has 4 rings (SSSR count). The Morgan fingerprint density at radius 1 is 0.652 bits per heavy atom. The number of hydrogen-bond acceptors (Lipinski definition) is 0. The van der Waals surface area contributed by atoms with E-state index < -0.39 is 0 Å². The molecule has 2 aromatic rings. The van der Waals surface area contributed by atoms with Crippen LogP contribution >= 0.6 is 0 Å². The van der Waals surface area contributed by atoms with Crippen LogP contribution in [0.25, 0.3) is 0 Å². The Morgan fingerprint density at radius 2 is 1.09 bits per heavy atom. The third-order valence-corrected chi connectivity index (χ3v) is 5.74. The summed E-state index contributed by atoms with van der Waals surface area (Å²) in [4.78, 5) is 0. The molecule has 2 aromatic heterocycles. The van der Waals surface area contributed by atoms with Crippen LogP contribution in [-0.4, -0.2) is 9.13 Å². The van der Waals surface area contributed by atoms with E-state index in [2.05, 4.69) is 55.7 Å². The van der Waals surface area contributed by atoms with Crippen molar-refractivity contribution in [2.24, 2.45) is 0 Å². The van der Waals surface area contributed by atoms with Gasteiger partial charge in [0.2, 0.25) is 19.3 Å². The van der Waals surface area contributed by atoms with E-state index in [4.69, 9.17) is 0 Å². The molecule has 2 aliphatic rings. The topological polar surface area (TPSA) is 17.6 Å². The van der Waals surface area contributed by atoms with Gasteiger partial charge in [0.1, 0.15) is 36.9 Å². The van der Waals surface area contributed by atoms with Crippen molar-refractivity contribution in [3.05, 3.63) is 37.4 Å². The van der Waals surface area contributed by atoms with Crippen molar-refractivity contribution < 1.29 is 9.13 Å². The van der Waals surface area contributed by atoms with Crippen molar-refractivity contribution >= 4 is 0 Å². The molecule has 0 aromatic carbocycles. The zero-order valence-corrected chi connectivity index (χ0v) is 14.2. The molecule has 0 N–H and O–H groups in total. The lowest BCUT2D eigenvalue weighted by Gasteiger charge is -2.18. The van der Waals surface area contributed by atoms with Crippen molar-refractivity contribution in [1.29, 1.82) is 0 Å². The van der Waals surface area contributed by atoms with E-state index in [1.807, 2.05) is 0 Å². The molecule has 2 saturated carbocycles. The molecule has 0 radical (unpaired) electrons. The van der Waals surface area contributed by atoms with Gasteiger partial charge < -0.3 is 0 Å². The Morgan fingerprint density at radius 3 is 1.52 bits per heavy atom. The van der Waals surface area contributed by atoms with E-state index in [1.54, 1.807) is 0 Å². The second kappa shape index (κ2) is 6.90. The van der Waals surface area contributed by atoms with Crippen LogP contribution in [0.3, 0.4) is 0 Å². The van der Waals surface area contributed by atoms with Gasteiger partial charge in [-0.3, -0.25) is 0 Å². The van der Waals surface area contributed by atoms with Gasteiger partial charge in [0.25, 0.3) is 0 Å². The minimum Gasteiger partial charge on any atom is -0.234 e. The first-order chi connectivity index (χ1) is 11.4. The summed E-state index contributed by atoms with van der Waals surface area (Å²) in [5, 5.41) is 0. The highest BCUT2D eigenvalue weighted by molar-refractivity contribution is 4.79. The summed E-state index contributed by atoms with van der Waals surface area (Å²) in [6, 6.07) is 1.45. The molecule has 4 nitrogen and oxygen atoms in total. The predicted molar refractivity (Wildman–Crippen MR) is 88.9 cm³/mol. The lowest BCUT2D eigenvalue weighted by Crippen LogP contribution is -2.49. The molecular formula is C19H30N4+2. The summed E-state index contributed by atoms with van der Waals surface area (Å²) in [7, 11) is 0. The zero-order chi connectivity index (χ0) is 15.5. The lowest BCUT2D eigenvalue weighted by atomic mass is 9.95. The first-order valence-corrected chi connectivity index (χ1v) is 9.51. The van der Waals surface area contributed by atoms with Gasteiger partial charge >= 0.3 is 0 Å². The predicted octanol–water partition coefficient (Wildman–Crippen LogP) is 3.38. The highest BCUT2D eigenvalue weighted by Crippen LogP contribution is 2.28. The van der Waals surface area contributed by atoms with Crippen LogP contribution < -0.4 is 9.13 Å². The van der Waals surface area contributed by atoms with E-state index >= 15 is 0 Å². The molecular weight excluding hydrogens is 284 g/mol. The fourth-order valence-electron chi connectivity index (χ4n) is 4.37.